The van der Waals surface area contributed by atoms with Gasteiger partial charge in [0.05, 0.1) is 18.8 Å². The van der Waals surface area contributed by atoms with Crippen molar-refractivity contribution in [2.24, 2.45) is 5.92 Å². The van der Waals surface area contributed by atoms with E-state index in [0.29, 0.717) is 7.48 Å². The molecule has 2 saturated heterocycles. The lowest BCUT2D eigenvalue weighted by atomic mass is 9.86. The maximum absolute atomic E-state index is 11.8. The largest absolute Gasteiger partial charge is 0.479 e. The van der Waals surface area contributed by atoms with Gasteiger partial charge in [0.2, 0.25) is 5.91 Å². The number of aliphatic carboxylic acids is 1. The Balaban J connectivity index is 2.33. The summed E-state index contributed by atoms with van der Waals surface area (Å²) in [4.78, 5) is 23.2. The van der Waals surface area contributed by atoms with E-state index in [4.69, 9.17) is 18.9 Å². The molecule has 0 aromatic carbocycles. The Hall–Kier alpha value is -1.32. The molecule has 178 valence electrons. The van der Waals surface area contributed by atoms with Crippen LogP contribution < -0.4 is 5.32 Å². The normalized spacial score (nSPS) is 41.1. The highest BCUT2D eigenvalue weighted by Crippen LogP contribution is 2.31. The molecule has 0 aromatic rings. The predicted octanol–water partition coefficient (Wildman–Crippen LogP) is -3.03. The molecule has 0 aromatic heterocycles. The summed E-state index contributed by atoms with van der Waals surface area (Å²) in [6.07, 6.45) is -13.1. The number of hydrogen-bond donors (Lipinski definition) is 6. The third-order valence-electron chi connectivity index (χ3n) is 5.37. The average Bonchev–Trinajstić information content (AvgIpc) is 2.69. The van der Waals surface area contributed by atoms with Gasteiger partial charge in [-0.2, -0.15) is 0 Å². The summed E-state index contributed by atoms with van der Waals surface area (Å²) in [6, 6.07) is -0.881. The first-order valence-corrected chi connectivity index (χ1v) is 10.3. The number of carboxylic acid groups (broad SMARTS) is 1. The van der Waals surface area contributed by atoms with E-state index in [0.717, 1.165) is 0 Å². The molecule has 2 aliphatic heterocycles. The van der Waals surface area contributed by atoms with E-state index in [1.54, 1.807) is 6.82 Å². The van der Waals surface area contributed by atoms with E-state index in [2.05, 4.69) is 5.32 Å². The van der Waals surface area contributed by atoms with Crippen LogP contribution >= 0.6 is 0 Å². The van der Waals surface area contributed by atoms with Crippen molar-refractivity contribution in [1.82, 2.24) is 5.32 Å². The zero-order chi connectivity index (χ0) is 23.5. The lowest BCUT2D eigenvalue weighted by Gasteiger charge is -2.48. The summed E-state index contributed by atoms with van der Waals surface area (Å²) in [6.45, 7) is 6.77. The molecule has 0 spiro atoms. The predicted molar refractivity (Wildman–Crippen MR) is 105 cm³/mol. The third-order valence-corrected chi connectivity index (χ3v) is 5.37. The fraction of sp³-hybridized carbons (Fsp3) is 0.889. The van der Waals surface area contributed by atoms with Crippen molar-refractivity contribution in [3.63, 3.8) is 0 Å². The molecule has 10 atom stereocenters. The van der Waals surface area contributed by atoms with Gasteiger partial charge in [-0.1, -0.05) is 20.7 Å². The fourth-order valence-corrected chi connectivity index (χ4v) is 3.81. The van der Waals surface area contributed by atoms with E-state index < -0.39 is 73.0 Å². The van der Waals surface area contributed by atoms with Crippen LogP contribution in [0.4, 0.5) is 0 Å². The first-order valence-electron chi connectivity index (χ1n) is 10.3. The van der Waals surface area contributed by atoms with Crippen molar-refractivity contribution in [3.8, 4) is 0 Å². The highest BCUT2D eigenvalue weighted by molar-refractivity contribution is 6.24. The van der Waals surface area contributed by atoms with Crippen LogP contribution in [0.5, 0.6) is 0 Å². The van der Waals surface area contributed by atoms with Crippen molar-refractivity contribution < 1.29 is 54.0 Å². The number of aliphatic hydroxyl groups excluding tert-OH is 4. The van der Waals surface area contributed by atoms with Gasteiger partial charge in [0.15, 0.2) is 12.4 Å². The fourth-order valence-electron chi connectivity index (χ4n) is 3.81. The first kappa shape index (κ1) is 25.9. The van der Waals surface area contributed by atoms with E-state index in [1.807, 2.05) is 13.8 Å². The number of amides is 1. The SMILES string of the molecule is CBOCC1OC(C(C)C)C(NC(C)=O)C(OC2OC(C(=O)O)C(O)C(O)C2O)C1O. The maximum Gasteiger partial charge on any atom is 0.335 e. The van der Waals surface area contributed by atoms with E-state index in [9.17, 15) is 35.1 Å². The molecule has 0 saturated carbocycles. The minimum absolute atomic E-state index is 0.0285. The summed E-state index contributed by atoms with van der Waals surface area (Å²) in [5, 5.41) is 53.0. The van der Waals surface area contributed by atoms with E-state index in [-0.39, 0.29) is 12.5 Å². The van der Waals surface area contributed by atoms with Crippen molar-refractivity contribution in [1.29, 1.82) is 0 Å². The quantitative estimate of drug-likeness (QED) is 0.207. The second kappa shape index (κ2) is 11.0. The van der Waals surface area contributed by atoms with Gasteiger partial charge in [0, 0.05) is 6.92 Å². The van der Waals surface area contributed by atoms with Gasteiger partial charge >= 0.3 is 5.97 Å². The van der Waals surface area contributed by atoms with Crippen molar-refractivity contribution in [3.05, 3.63) is 0 Å². The molecule has 31 heavy (non-hydrogen) atoms. The second-order valence-electron chi connectivity index (χ2n) is 8.10. The molecule has 13 heteroatoms. The molecular formula is C18H32BNO11. The van der Waals surface area contributed by atoms with Crippen LogP contribution in [0, 0.1) is 5.92 Å². The molecule has 6 N–H and O–H groups in total. The number of aliphatic hydroxyl groups is 4. The van der Waals surface area contributed by atoms with Gasteiger partial charge in [0.1, 0.15) is 36.6 Å². The Labute approximate surface area is 180 Å². The topological polar surface area (TPSA) is 184 Å². The lowest BCUT2D eigenvalue weighted by molar-refractivity contribution is -0.327. The van der Waals surface area contributed by atoms with Gasteiger partial charge in [-0.05, 0) is 5.92 Å². The second-order valence-corrected chi connectivity index (χ2v) is 8.10. The molecule has 2 heterocycles. The van der Waals surface area contributed by atoms with Crippen molar-refractivity contribution in [2.75, 3.05) is 6.61 Å². The van der Waals surface area contributed by atoms with Crippen LogP contribution in [0.3, 0.4) is 0 Å². The van der Waals surface area contributed by atoms with Gasteiger partial charge in [-0.25, -0.2) is 4.79 Å². The smallest absolute Gasteiger partial charge is 0.335 e. The zero-order valence-electron chi connectivity index (χ0n) is 18.0. The summed E-state index contributed by atoms with van der Waals surface area (Å²) in [7, 11) is 0.369. The van der Waals surface area contributed by atoms with Gasteiger partial charge in [-0.15, -0.1) is 0 Å². The number of carboxylic acids is 1. The van der Waals surface area contributed by atoms with Gasteiger partial charge in [-0.3, -0.25) is 4.79 Å². The molecule has 12 nitrogen and oxygen atoms in total. The molecule has 2 fully saturated rings. The summed E-state index contributed by atoms with van der Waals surface area (Å²) in [5.74, 6) is -2.12. The van der Waals surface area contributed by atoms with Crippen LogP contribution in [0.2, 0.25) is 6.82 Å². The Morgan fingerprint density at radius 1 is 1.06 bits per heavy atom. The standard InChI is InChI=1S/C18H32BNO11/c1-6(2)14-9(20-7(3)21)15(10(22)8(29-14)5-28-19-4)30-18-13(25)11(23)12(24)16(31-18)17(26)27/h6,8-16,18-19,22-25H,5H2,1-4H3,(H,20,21)(H,26,27). The number of hydrogen-bond acceptors (Lipinski definition) is 10. The Kier molecular flexibility index (Phi) is 9.21. The minimum atomic E-state index is -1.88. The molecule has 10 unspecified atom stereocenters. The van der Waals surface area contributed by atoms with Crippen molar-refractivity contribution >= 4 is 19.4 Å². The number of nitrogens with one attached hydrogen (secondary N) is 1. The van der Waals surface area contributed by atoms with Crippen LogP contribution in [0.25, 0.3) is 0 Å². The van der Waals surface area contributed by atoms with Crippen LogP contribution in [-0.2, 0) is 28.5 Å². The van der Waals surface area contributed by atoms with E-state index in [1.165, 1.54) is 6.92 Å². The molecule has 0 bridgehead atoms. The third kappa shape index (κ3) is 5.93. The molecule has 1 amide bonds. The number of ether oxygens (including phenoxy) is 3. The maximum atomic E-state index is 11.8. The van der Waals surface area contributed by atoms with Crippen LogP contribution in [0.1, 0.15) is 20.8 Å². The number of carbonyl (C=O) groups is 2. The number of rotatable bonds is 8. The van der Waals surface area contributed by atoms with Crippen LogP contribution in [-0.4, -0.2) is 113 Å². The zero-order valence-corrected chi connectivity index (χ0v) is 18.0. The Bertz CT molecular complexity index is 623. The summed E-state index contributed by atoms with van der Waals surface area (Å²) >= 11 is 0. The Morgan fingerprint density at radius 2 is 1.71 bits per heavy atom. The van der Waals surface area contributed by atoms with E-state index >= 15 is 0 Å². The monoisotopic (exact) mass is 449 g/mol. The Morgan fingerprint density at radius 3 is 2.23 bits per heavy atom. The van der Waals surface area contributed by atoms with Crippen molar-refractivity contribution in [2.45, 2.75) is 88.8 Å². The van der Waals surface area contributed by atoms with Crippen LogP contribution in [0.15, 0.2) is 0 Å². The molecular weight excluding hydrogens is 417 g/mol. The average molecular weight is 449 g/mol. The van der Waals surface area contributed by atoms with Gasteiger partial charge < -0.3 is 49.7 Å². The summed E-state index contributed by atoms with van der Waals surface area (Å²) in [5.41, 5.74) is 0. The lowest BCUT2D eigenvalue weighted by Crippen LogP contribution is -2.68. The molecule has 2 rings (SSSR count). The molecule has 0 radical (unpaired) electrons. The van der Waals surface area contributed by atoms with Gasteiger partial charge in [0.25, 0.3) is 7.48 Å². The molecule has 2 aliphatic rings. The first-order chi connectivity index (χ1) is 14.5. The molecule has 0 aliphatic carbocycles. The minimum Gasteiger partial charge on any atom is -0.479 e. The summed E-state index contributed by atoms with van der Waals surface area (Å²) < 4.78 is 22.3. The number of carbonyl (C=O) groups excluding carboxylic acids is 1. The highest BCUT2D eigenvalue weighted by atomic mass is 16.7. The highest BCUT2D eigenvalue weighted by Gasteiger charge is 2.52.